The first-order chi connectivity index (χ1) is 8.89. The lowest BCUT2D eigenvalue weighted by Gasteiger charge is -2.32. The summed E-state index contributed by atoms with van der Waals surface area (Å²) in [7, 11) is 0. The zero-order valence-electron chi connectivity index (χ0n) is 12.0. The van der Waals surface area contributed by atoms with E-state index < -0.39 is 0 Å². The molecule has 2 nitrogen and oxygen atoms in total. The Morgan fingerprint density at radius 1 is 1.21 bits per heavy atom. The van der Waals surface area contributed by atoms with E-state index in [9.17, 15) is 0 Å². The zero-order chi connectivity index (χ0) is 14.5. The minimum atomic E-state index is 0.100. The zero-order valence-corrected chi connectivity index (χ0v) is 13.6. The molecule has 0 saturated heterocycles. The first kappa shape index (κ1) is 16.8. The third-order valence-corrected chi connectivity index (χ3v) is 3.90. The van der Waals surface area contributed by atoms with E-state index in [-0.39, 0.29) is 5.41 Å². The van der Waals surface area contributed by atoms with Gasteiger partial charge >= 0.3 is 0 Å². The van der Waals surface area contributed by atoms with Gasteiger partial charge in [-0.15, -0.1) is 0 Å². The molecule has 0 heterocycles. The summed E-state index contributed by atoms with van der Waals surface area (Å²) in [4.78, 5) is 2.37. The molecule has 0 aliphatic heterocycles. The number of halogens is 2. The lowest BCUT2D eigenvalue weighted by atomic mass is 9.93. The lowest BCUT2D eigenvalue weighted by Crippen LogP contribution is -2.38. The van der Waals surface area contributed by atoms with Crippen LogP contribution >= 0.6 is 23.2 Å². The second kappa shape index (κ2) is 7.49. The highest BCUT2D eigenvalue weighted by Crippen LogP contribution is 2.27. The van der Waals surface area contributed by atoms with Crippen molar-refractivity contribution in [2.24, 2.45) is 11.1 Å². The van der Waals surface area contributed by atoms with Crippen LogP contribution in [0.3, 0.4) is 0 Å². The SMILES string of the molecule is CCCN(Cc1c(Cl)cccc1Cl)CC(C)(C)CN. The van der Waals surface area contributed by atoms with Crippen LogP contribution in [0.1, 0.15) is 32.8 Å². The molecule has 0 amide bonds. The Bertz CT molecular complexity index is 385. The fourth-order valence-corrected chi connectivity index (χ4v) is 2.62. The molecule has 1 rings (SSSR count). The number of rotatable bonds is 7. The van der Waals surface area contributed by atoms with Crippen molar-refractivity contribution in [1.82, 2.24) is 4.90 Å². The second-order valence-electron chi connectivity index (χ2n) is 5.78. The van der Waals surface area contributed by atoms with Crippen LogP contribution in [0.2, 0.25) is 10.0 Å². The Kier molecular flexibility index (Phi) is 6.61. The van der Waals surface area contributed by atoms with E-state index in [0.717, 1.165) is 41.7 Å². The quantitative estimate of drug-likeness (QED) is 0.818. The van der Waals surface area contributed by atoms with Crippen LogP contribution in [0.5, 0.6) is 0 Å². The molecular weight excluding hydrogens is 279 g/mol. The number of nitrogens with two attached hydrogens (primary N) is 1. The molecule has 0 saturated carbocycles. The van der Waals surface area contributed by atoms with Gasteiger partial charge in [-0.1, -0.05) is 50.0 Å². The molecule has 1 aromatic carbocycles. The minimum Gasteiger partial charge on any atom is -0.330 e. The Morgan fingerprint density at radius 2 is 1.79 bits per heavy atom. The normalized spacial score (nSPS) is 12.2. The van der Waals surface area contributed by atoms with E-state index in [1.807, 2.05) is 18.2 Å². The summed E-state index contributed by atoms with van der Waals surface area (Å²) in [6.45, 7) is 9.95. The van der Waals surface area contributed by atoms with Crippen molar-refractivity contribution in [3.63, 3.8) is 0 Å². The Hall–Kier alpha value is -0.280. The maximum Gasteiger partial charge on any atom is 0.0465 e. The van der Waals surface area contributed by atoms with Crippen LogP contribution in [0.4, 0.5) is 0 Å². The molecule has 19 heavy (non-hydrogen) atoms. The highest BCUT2D eigenvalue weighted by Gasteiger charge is 2.21. The summed E-state index contributed by atoms with van der Waals surface area (Å²) < 4.78 is 0. The molecule has 0 spiro atoms. The summed E-state index contributed by atoms with van der Waals surface area (Å²) in [6.07, 6.45) is 1.10. The highest BCUT2D eigenvalue weighted by molar-refractivity contribution is 6.35. The molecule has 1 aromatic rings. The molecule has 108 valence electrons. The predicted octanol–water partition coefficient (Wildman–Crippen LogP) is 4.19. The number of nitrogens with zero attached hydrogens (tertiary/aromatic N) is 1. The lowest BCUT2D eigenvalue weighted by molar-refractivity contribution is 0.176. The van der Waals surface area contributed by atoms with Crippen LogP contribution in [-0.4, -0.2) is 24.5 Å². The van der Waals surface area contributed by atoms with Crippen molar-refractivity contribution in [3.8, 4) is 0 Å². The smallest absolute Gasteiger partial charge is 0.0465 e. The van der Waals surface area contributed by atoms with Gasteiger partial charge in [-0.05, 0) is 37.1 Å². The maximum absolute atomic E-state index is 6.24. The molecule has 0 unspecified atom stereocenters. The first-order valence-corrected chi connectivity index (χ1v) is 7.50. The average Bonchev–Trinajstić information content (AvgIpc) is 2.34. The fraction of sp³-hybridized carbons (Fsp3) is 0.600. The molecule has 0 aliphatic carbocycles. The summed E-state index contributed by atoms with van der Waals surface area (Å²) >= 11 is 12.5. The van der Waals surface area contributed by atoms with Gasteiger partial charge in [0, 0.05) is 28.7 Å². The summed E-state index contributed by atoms with van der Waals surface area (Å²) in [5, 5.41) is 1.47. The summed E-state index contributed by atoms with van der Waals surface area (Å²) in [6, 6.07) is 5.66. The van der Waals surface area contributed by atoms with Gasteiger partial charge < -0.3 is 5.73 Å². The van der Waals surface area contributed by atoms with Gasteiger partial charge in [0.05, 0.1) is 0 Å². The van der Waals surface area contributed by atoms with Crippen molar-refractivity contribution in [3.05, 3.63) is 33.8 Å². The van der Waals surface area contributed by atoms with E-state index in [2.05, 4.69) is 25.7 Å². The van der Waals surface area contributed by atoms with Crippen molar-refractivity contribution in [2.45, 2.75) is 33.7 Å². The number of benzene rings is 1. The van der Waals surface area contributed by atoms with Gasteiger partial charge in [0.2, 0.25) is 0 Å². The van der Waals surface area contributed by atoms with E-state index in [1.54, 1.807) is 0 Å². The van der Waals surface area contributed by atoms with Crippen LogP contribution < -0.4 is 5.73 Å². The molecular formula is C15H24Cl2N2. The van der Waals surface area contributed by atoms with Crippen molar-refractivity contribution in [2.75, 3.05) is 19.6 Å². The van der Waals surface area contributed by atoms with Crippen molar-refractivity contribution < 1.29 is 0 Å². The van der Waals surface area contributed by atoms with Gasteiger partial charge in [0.1, 0.15) is 0 Å². The summed E-state index contributed by atoms with van der Waals surface area (Å²) in [5.41, 5.74) is 6.93. The van der Waals surface area contributed by atoms with E-state index in [1.165, 1.54) is 0 Å². The molecule has 0 atom stereocenters. The molecule has 0 aromatic heterocycles. The molecule has 2 N–H and O–H groups in total. The van der Waals surface area contributed by atoms with Gasteiger partial charge in [-0.25, -0.2) is 0 Å². The van der Waals surface area contributed by atoms with Crippen LogP contribution in [0.25, 0.3) is 0 Å². The Balaban J connectivity index is 2.84. The fourth-order valence-electron chi connectivity index (χ4n) is 2.11. The molecule has 0 fully saturated rings. The van der Waals surface area contributed by atoms with Gasteiger partial charge in [0.25, 0.3) is 0 Å². The molecule has 0 bridgehead atoms. The average molecular weight is 303 g/mol. The molecule has 0 radical (unpaired) electrons. The maximum atomic E-state index is 6.24. The highest BCUT2D eigenvalue weighted by atomic mass is 35.5. The van der Waals surface area contributed by atoms with Gasteiger partial charge in [0.15, 0.2) is 0 Å². The van der Waals surface area contributed by atoms with E-state index >= 15 is 0 Å². The van der Waals surface area contributed by atoms with Crippen molar-refractivity contribution >= 4 is 23.2 Å². The topological polar surface area (TPSA) is 29.3 Å². The van der Waals surface area contributed by atoms with Crippen LogP contribution in [0, 0.1) is 5.41 Å². The molecule has 4 heteroatoms. The van der Waals surface area contributed by atoms with Gasteiger partial charge in [-0.2, -0.15) is 0 Å². The van der Waals surface area contributed by atoms with Crippen LogP contribution in [0.15, 0.2) is 18.2 Å². The summed E-state index contributed by atoms with van der Waals surface area (Å²) in [5.74, 6) is 0. The standard InChI is InChI=1S/C15H24Cl2N2/c1-4-8-19(11-15(2,3)10-18)9-12-13(16)6-5-7-14(12)17/h5-7H,4,8-11,18H2,1-3H3. The first-order valence-electron chi connectivity index (χ1n) is 6.75. The monoisotopic (exact) mass is 302 g/mol. The third kappa shape index (κ3) is 5.31. The largest absolute Gasteiger partial charge is 0.330 e. The van der Waals surface area contributed by atoms with E-state index in [4.69, 9.17) is 28.9 Å². The Morgan fingerprint density at radius 3 is 2.26 bits per heavy atom. The third-order valence-electron chi connectivity index (χ3n) is 3.19. The van der Waals surface area contributed by atoms with Crippen LogP contribution in [-0.2, 0) is 6.54 Å². The number of hydrogen-bond acceptors (Lipinski definition) is 2. The second-order valence-corrected chi connectivity index (χ2v) is 6.59. The van der Waals surface area contributed by atoms with E-state index in [0.29, 0.717) is 6.54 Å². The minimum absolute atomic E-state index is 0.100. The Labute approximate surface area is 126 Å². The van der Waals surface area contributed by atoms with Crippen molar-refractivity contribution in [1.29, 1.82) is 0 Å². The van der Waals surface area contributed by atoms with Gasteiger partial charge in [-0.3, -0.25) is 4.90 Å². The predicted molar refractivity (Wildman–Crippen MR) is 84.9 cm³/mol. The number of hydrogen-bond donors (Lipinski definition) is 1. The molecule has 0 aliphatic rings.